The van der Waals surface area contributed by atoms with Crippen LogP contribution >= 0.6 is 0 Å². The number of halogens is 1. The van der Waals surface area contributed by atoms with E-state index in [1.165, 1.54) is 12.1 Å². The number of nitrogens with zero attached hydrogens (tertiary/aromatic N) is 2. The predicted octanol–water partition coefficient (Wildman–Crippen LogP) is 0.538. The first-order valence-electron chi connectivity index (χ1n) is 6.14. The molecule has 2 amide bonds. The van der Waals surface area contributed by atoms with Crippen molar-refractivity contribution in [2.45, 2.75) is 0 Å². The Morgan fingerprint density at radius 2 is 2.05 bits per heavy atom. The molecular weight excluding hydrogens is 249 g/mol. The molecule has 102 valence electrons. The zero-order valence-electron chi connectivity index (χ0n) is 10.5. The number of nitrogens with one attached hydrogen (secondary N) is 1. The molecule has 0 saturated carbocycles. The van der Waals surface area contributed by atoms with E-state index in [-0.39, 0.29) is 18.3 Å². The summed E-state index contributed by atoms with van der Waals surface area (Å²) in [6.07, 6.45) is 0.824. The van der Waals surface area contributed by atoms with Gasteiger partial charge in [-0.15, -0.1) is 0 Å². The number of benzene rings is 1. The molecule has 1 aromatic rings. The van der Waals surface area contributed by atoms with Gasteiger partial charge in [0.1, 0.15) is 5.82 Å². The number of piperazine rings is 1. The standard InChI is InChI=1S/C13H16FN3O2/c14-11-2-1-3-12(8-11)15-13(19)9-16-4-6-17(10-18)7-5-16/h1-3,8,10H,4-7,9H2,(H,15,19). The molecular formula is C13H16FN3O2. The molecule has 1 heterocycles. The Morgan fingerprint density at radius 3 is 2.68 bits per heavy atom. The minimum Gasteiger partial charge on any atom is -0.343 e. The zero-order chi connectivity index (χ0) is 13.7. The molecule has 0 radical (unpaired) electrons. The third kappa shape index (κ3) is 4.03. The second-order valence-corrected chi connectivity index (χ2v) is 4.48. The second kappa shape index (κ2) is 6.29. The molecule has 1 aliphatic rings. The fourth-order valence-electron chi connectivity index (χ4n) is 2.00. The first-order valence-corrected chi connectivity index (χ1v) is 6.14. The maximum absolute atomic E-state index is 13.0. The number of rotatable bonds is 4. The number of carbonyl (C=O) groups excluding carboxylic acids is 2. The normalized spacial score (nSPS) is 16.2. The first kappa shape index (κ1) is 13.5. The Balaban J connectivity index is 1.80. The molecule has 1 fully saturated rings. The smallest absolute Gasteiger partial charge is 0.238 e. The Bertz CT molecular complexity index is 459. The highest BCUT2D eigenvalue weighted by molar-refractivity contribution is 5.92. The van der Waals surface area contributed by atoms with E-state index in [2.05, 4.69) is 5.32 Å². The van der Waals surface area contributed by atoms with Crippen LogP contribution in [0.5, 0.6) is 0 Å². The number of hydrogen-bond donors (Lipinski definition) is 1. The predicted molar refractivity (Wildman–Crippen MR) is 69.1 cm³/mol. The first-order chi connectivity index (χ1) is 9.17. The fraction of sp³-hybridized carbons (Fsp3) is 0.385. The van der Waals surface area contributed by atoms with Gasteiger partial charge in [0.2, 0.25) is 12.3 Å². The Morgan fingerprint density at radius 1 is 1.32 bits per heavy atom. The number of anilines is 1. The fourth-order valence-corrected chi connectivity index (χ4v) is 2.00. The minimum absolute atomic E-state index is 0.176. The summed E-state index contributed by atoms with van der Waals surface area (Å²) < 4.78 is 13.0. The molecule has 0 unspecified atom stereocenters. The summed E-state index contributed by atoms with van der Waals surface area (Å²) in [7, 11) is 0. The monoisotopic (exact) mass is 265 g/mol. The lowest BCUT2D eigenvalue weighted by Gasteiger charge is -2.31. The van der Waals surface area contributed by atoms with Gasteiger partial charge in [0.25, 0.3) is 0 Å². The van der Waals surface area contributed by atoms with Gasteiger partial charge in [-0.3, -0.25) is 14.5 Å². The highest BCUT2D eigenvalue weighted by Crippen LogP contribution is 2.09. The lowest BCUT2D eigenvalue weighted by molar-refractivity contribution is -0.120. The molecule has 0 aromatic heterocycles. The van der Waals surface area contributed by atoms with E-state index < -0.39 is 0 Å². The molecule has 0 aliphatic carbocycles. The average Bonchev–Trinajstić information content (AvgIpc) is 2.39. The number of hydrogen-bond acceptors (Lipinski definition) is 3. The van der Waals surface area contributed by atoms with E-state index in [1.54, 1.807) is 17.0 Å². The van der Waals surface area contributed by atoms with Crippen LogP contribution in [0.3, 0.4) is 0 Å². The van der Waals surface area contributed by atoms with E-state index in [9.17, 15) is 14.0 Å². The summed E-state index contributed by atoms with van der Waals surface area (Å²) in [4.78, 5) is 26.0. The summed E-state index contributed by atoms with van der Waals surface area (Å²) in [6, 6.07) is 5.80. The molecule has 19 heavy (non-hydrogen) atoms. The van der Waals surface area contributed by atoms with Crippen molar-refractivity contribution in [2.75, 3.05) is 38.0 Å². The molecule has 1 aliphatic heterocycles. The molecule has 1 saturated heterocycles. The highest BCUT2D eigenvalue weighted by Gasteiger charge is 2.17. The van der Waals surface area contributed by atoms with Crippen LogP contribution in [0.2, 0.25) is 0 Å². The van der Waals surface area contributed by atoms with E-state index in [0.717, 1.165) is 6.41 Å². The van der Waals surface area contributed by atoms with Crippen molar-refractivity contribution in [3.63, 3.8) is 0 Å². The van der Waals surface area contributed by atoms with Crippen LogP contribution in [0.25, 0.3) is 0 Å². The summed E-state index contributed by atoms with van der Waals surface area (Å²) in [5.74, 6) is -0.553. The van der Waals surface area contributed by atoms with Crippen molar-refractivity contribution in [1.82, 2.24) is 9.80 Å². The van der Waals surface area contributed by atoms with Crippen molar-refractivity contribution in [3.05, 3.63) is 30.1 Å². The Hall–Kier alpha value is -1.95. The van der Waals surface area contributed by atoms with Crippen LogP contribution in [-0.2, 0) is 9.59 Å². The minimum atomic E-state index is -0.377. The van der Waals surface area contributed by atoms with Crippen LogP contribution < -0.4 is 5.32 Å². The van der Waals surface area contributed by atoms with Crippen molar-refractivity contribution in [3.8, 4) is 0 Å². The lowest BCUT2D eigenvalue weighted by Crippen LogP contribution is -2.48. The van der Waals surface area contributed by atoms with Gasteiger partial charge in [-0.25, -0.2) is 4.39 Å². The molecule has 6 heteroatoms. The van der Waals surface area contributed by atoms with Gasteiger partial charge < -0.3 is 10.2 Å². The van der Waals surface area contributed by atoms with Gasteiger partial charge in [-0.2, -0.15) is 0 Å². The third-order valence-corrected chi connectivity index (χ3v) is 3.03. The summed E-state index contributed by atoms with van der Waals surface area (Å²) >= 11 is 0. The molecule has 1 N–H and O–H groups in total. The molecule has 0 spiro atoms. The van der Waals surface area contributed by atoms with Gasteiger partial charge in [0.05, 0.1) is 6.54 Å². The summed E-state index contributed by atoms with van der Waals surface area (Å²) in [5, 5.41) is 2.65. The third-order valence-electron chi connectivity index (χ3n) is 3.03. The van der Waals surface area contributed by atoms with Crippen molar-refractivity contribution >= 4 is 18.0 Å². The molecule has 1 aromatic carbocycles. The molecule has 0 atom stereocenters. The maximum atomic E-state index is 13.0. The summed E-state index contributed by atoms with van der Waals surface area (Å²) in [6.45, 7) is 2.88. The maximum Gasteiger partial charge on any atom is 0.238 e. The van der Waals surface area contributed by atoms with E-state index in [4.69, 9.17) is 0 Å². The molecule has 2 rings (SSSR count). The van der Waals surface area contributed by atoms with Gasteiger partial charge >= 0.3 is 0 Å². The van der Waals surface area contributed by atoms with Crippen molar-refractivity contribution < 1.29 is 14.0 Å². The lowest BCUT2D eigenvalue weighted by atomic mass is 10.3. The number of carbonyl (C=O) groups is 2. The van der Waals surface area contributed by atoms with Crippen LogP contribution in [0.1, 0.15) is 0 Å². The van der Waals surface area contributed by atoms with E-state index >= 15 is 0 Å². The van der Waals surface area contributed by atoms with Crippen molar-refractivity contribution in [1.29, 1.82) is 0 Å². The Kier molecular flexibility index (Phi) is 4.46. The van der Waals surface area contributed by atoms with Gasteiger partial charge in [-0.05, 0) is 18.2 Å². The van der Waals surface area contributed by atoms with Crippen LogP contribution in [-0.4, -0.2) is 54.8 Å². The van der Waals surface area contributed by atoms with E-state index in [0.29, 0.717) is 31.9 Å². The Labute approximate surface area is 111 Å². The largest absolute Gasteiger partial charge is 0.343 e. The van der Waals surface area contributed by atoms with Crippen LogP contribution in [0.4, 0.5) is 10.1 Å². The van der Waals surface area contributed by atoms with E-state index in [1.807, 2.05) is 4.90 Å². The number of amides is 2. The molecule has 0 bridgehead atoms. The van der Waals surface area contributed by atoms with Crippen molar-refractivity contribution in [2.24, 2.45) is 0 Å². The van der Waals surface area contributed by atoms with Gasteiger partial charge in [0, 0.05) is 31.9 Å². The van der Waals surface area contributed by atoms with Gasteiger partial charge in [-0.1, -0.05) is 6.07 Å². The van der Waals surface area contributed by atoms with Gasteiger partial charge in [0.15, 0.2) is 0 Å². The average molecular weight is 265 g/mol. The zero-order valence-corrected chi connectivity index (χ0v) is 10.5. The summed E-state index contributed by atoms with van der Waals surface area (Å²) in [5.41, 5.74) is 0.455. The quantitative estimate of drug-likeness (QED) is 0.808. The van der Waals surface area contributed by atoms with Crippen LogP contribution in [0, 0.1) is 5.82 Å². The highest BCUT2D eigenvalue weighted by atomic mass is 19.1. The van der Waals surface area contributed by atoms with Crippen LogP contribution in [0.15, 0.2) is 24.3 Å². The topological polar surface area (TPSA) is 52.7 Å². The SMILES string of the molecule is O=CN1CCN(CC(=O)Nc2cccc(F)c2)CC1. The second-order valence-electron chi connectivity index (χ2n) is 4.48. The molecule has 5 nitrogen and oxygen atoms in total.